The first-order valence-corrected chi connectivity index (χ1v) is 11.4. The molecule has 33 heavy (non-hydrogen) atoms. The fourth-order valence-corrected chi connectivity index (χ4v) is 4.40. The Morgan fingerprint density at radius 2 is 1.82 bits per heavy atom. The van der Waals surface area contributed by atoms with Gasteiger partial charge in [-0.2, -0.15) is 0 Å². The molecule has 3 aromatic rings. The van der Waals surface area contributed by atoms with Crippen molar-refractivity contribution < 1.29 is 14.6 Å². The second-order valence-electron chi connectivity index (χ2n) is 8.67. The molecule has 0 aliphatic carbocycles. The van der Waals surface area contributed by atoms with E-state index < -0.39 is 6.10 Å². The zero-order valence-corrected chi connectivity index (χ0v) is 19.1. The predicted molar refractivity (Wildman–Crippen MR) is 128 cm³/mol. The lowest BCUT2D eigenvalue weighted by atomic mass is 10.0. The number of pyridine rings is 1. The highest BCUT2D eigenvalue weighted by Crippen LogP contribution is 2.26. The quantitative estimate of drug-likeness (QED) is 0.552. The number of carbonyl (C=O) groups is 1. The van der Waals surface area contributed by atoms with Crippen LogP contribution in [0.2, 0.25) is 0 Å². The van der Waals surface area contributed by atoms with Gasteiger partial charge < -0.3 is 20.1 Å². The minimum absolute atomic E-state index is 0.0255. The topological polar surface area (TPSA) is 74.7 Å². The van der Waals surface area contributed by atoms with Crippen molar-refractivity contribution in [3.8, 4) is 5.88 Å². The van der Waals surface area contributed by atoms with Crippen molar-refractivity contribution >= 4 is 5.91 Å². The molecule has 1 aliphatic rings. The van der Waals surface area contributed by atoms with E-state index in [-0.39, 0.29) is 11.9 Å². The van der Waals surface area contributed by atoms with Gasteiger partial charge in [-0.05, 0) is 48.1 Å². The molecule has 1 fully saturated rings. The second kappa shape index (κ2) is 10.6. The van der Waals surface area contributed by atoms with E-state index in [0.717, 1.165) is 30.4 Å². The maximum atomic E-state index is 12.8. The molecule has 2 heterocycles. The van der Waals surface area contributed by atoms with Crippen LogP contribution in [0.1, 0.15) is 46.0 Å². The Balaban J connectivity index is 1.30. The van der Waals surface area contributed by atoms with Crippen molar-refractivity contribution in [2.75, 3.05) is 14.2 Å². The minimum atomic E-state index is -0.493. The highest BCUT2D eigenvalue weighted by Gasteiger charge is 2.29. The van der Waals surface area contributed by atoms with Crippen LogP contribution in [0.4, 0.5) is 0 Å². The van der Waals surface area contributed by atoms with Gasteiger partial charge in [0, 0.05) is 43.5 Å². The first-order valence-electron chi connectivity index (χ1n) is 11.4. The van der Waals surface area contributed by atoms with Crippen LogP contribution in [0.5, 0.6) is 5.88 Å². The number of aromatic nitrogens is 1. The van der Waals surface area contributed by atoms with Crippen LogP contribution in [0, 0.1) is 0 Å². The third kappa shape index (κ3) is 5.78. The number of benzene rings is 2. The Hall–Kier alpha value is -3.22. The summed E-state index contributed by atoms with van der Waals surface area (Å²) in [6, 6.07) is 21.8. The van der Waals surface area contributed by atoms with Crippen LogP contribution < -0.4 is 10.1 Å². The van der Waals surface area contributed by atoms with Crippen LogP contribution in [-0.4, -0.2) is 47.1 Å². The summed E-state index contributed by atoms with van der Waals surface area (Å²) in [5.41, 5.74) is 3.75. The summed E-state index contributed by atoms with van der Waals surface area (Å²) >= 11 is 0. The lowest BCUT2D eigenvalue weighted by Crippen LogP contribution is -2.35. The molecule has 1 aromatic heterocycles. The molecule has 0 saturated carbocycles. The normalized spacial score (nSPS) is 18.6. The fourth-order valence-electron chi connectivity index (χ4n) is 4.40. The van der Waals surface area contributed by atoms with E-state index in [9.17, 15) is 9.90 Å². The van der Waals surface area contributed by atoms with Crippen LogP contribution in [-0.2, 0) is 13.0 Å². The molecule has 0 spiro atoms. The zero-order chi connectivity index (χ0) is 23.2. The molecule has 2 aromatic carbocycles. The molecule has 2 N–H and O–H groups in total. The Labute approximate surface area is 195 Å². The van der Waals surface area contributed by atoms with Crippen LogP contribution >= 0.6 is 0 Å². The number of amides is 1. The maximum absolute atomic E-state index is 12.8. The van der Waals surface area contributed by atoms with E-state index in [1.165, 1.54) is 5.56 Å². The van der Waals surface area contributed by atoms with Gasteiger partial charge in [0.2, 0.25) is 5.88 Å². The van der Waals surface area contributed by atoms with Crippen molar-refractivity contribution in [3.63, 3.8) is 0 Å². The number of nitrogens with one attached hydrogen (secondary N) is 1. The van der Waals surface area contributed by atoms with Crippen LogP contribution in [0.3, 0.4) is 0 Å². The number of nitrogens with zero attached hydrogens (tertiary/aromatic N) is 2. The summed E-state index contributed by atoms with van der Waals surface area (Å²) in [5, 5.41) is 14.3. The number of carbonyl (C=O) groups excluding carboxylic acids is 1. The molecule has 1 amide bonds. The zero-order valence-electron chi connectivity index (χ0n) is 19.1. The highest BCUT2D eigenvalue weighted by atomic mass is 16.5. The Kier molecular flexibility index (Phi) is 7.37. The molecular formula is C27H31N3O3. The smallest absolute Gasteiger partial charge is 0.253 e. The number of aliphatic hydroxyl groups excluding tert-OH is 1. The molecule has 0 bridgehead atoms. The standard InChI is InChI=1S/C27H31N3O3/c1-30(18-20-10-15-25(33-2)28-17-20)27(32)22-11-8-19(9-12-22)16-23-13-14-24(29-23)26(31)21-6-4-3-5-7-21/h3-12,15,17,23-24,26,29,31H,13-14,16,18H2,1-2H3/t23-,24+,26?/m0/s1. The van der Waals surface area contributed by atoms with Crippen LogP contribution in [0.15, 0.2) is 72.9 Å². The van der Waals surface area contributed by atoms with Crippen molar-refractivity contribution in [1.82, 2.24) is 15.2 Å². The SMILES string of the molecule is COc1ccc(CN(C)C(=O)c2ccc(C[C@@H]3CC[C@H](C(O)c4ccccc4)N3)cc2)cn1. The maximum Gasteiger partial charge on any atom is 0.253 e. The number of hydrogen-bond acceptors (Lipinski definition) is 5. The summed E-state index contributed by atoms with van der Waals surface area (Å²) in [6.45, 7) is 0.481. The number of aliphatic hydroxyl groups is 1. The first-order chi connectivity index (χ1) is 16.0. The summed E-state index contributed by atoms with van der Waals surface area (Å²) in [7, 11) is 3.37. The summed E-state index contributed by atoms with van der Waals surface area (Å²) < 4.78 is 5.08. The van der Waals surface area contributed by atoms with Gasteiger partial charge in [-0.1, -0.05) is 48.5 Å². The average molecular weight is 446 g/mol. The van der Waals surface area contributed by atoms with E-state index in [2.05, 4.69) is 10.3 Å². The number of methoxy groups -OCH3 is 1. The lowest BCUT2D eigenvalue weighted by molar-refractivity contribution is 0.0785. The lowest BCUT2D eigenvalue weighted by Gasteiger charge is -2.20. The molecule has 0 radical (unpaired) electrons. The fraction of sp³-hybridized carbons (Fsp3) is 0.333. The van der Waals surface area contributed by atoms with Gasteiger partial charge in [-0.15, -0.1) is 0 Å². The van der Waals surface area contributed by atoms with Gasteiger partial charge in [0.15, 0.2) is 0 Å². The van der Waals surface area contributed by atoms with Gasteiger partial charge in [0.1, 0.15) is 0 Å². The van der Waals surface area contributed by atoms with Gasteiger partial charge in [0.25, 0.3) is 5.91 Å². The molecule has 1 aliphatic heterocycles. The largest absolute Gasteiger partial charge is 0.481 e. The van der Waals surface area contributed by atoms with E-state index >= 15 is 0 Å². The average Bonchev–Trinajstić information content (AvgIpc) is 3.33. The molecule has 6 nitrogen and oxygen atoms in total. The van der Waals surface area contributed by atoms with E-state index in [0.29, 0.717) is 24.0 Å². The van der Waals surface area contributed by atoms with E-state index in [1.807, 2.05) is 60.7 Å². The number of hydrogen-bond donors (Lipinski definition) is 2. The summed E-state index contributed by atoms with van der Waals surface area (Å²) in [4.78, 5) is 18.7. The van der Waals surface area contributed by atoms with Gasteiger partial charge in [-0.3, -0.25) is 4.79 Å². The number of ether oxygens (including phenoxy) is 1. The summed E-state index contributed by atoms with van der Waals surface area (Å²) in [5.74, 6) is 0.531. The second-order valence-corrected chi connectivity index (χ2v) is 8.67. The molecule has 3 atom stereocenters. The Morgan fingerprint density at radius 1 is 1.09 bits per heavy atom. The van der Waals surface area contributed by atoms with Gasteiger partial charge in [0.05, 0.1) is 13.2 Å². The molecule has 1 saturated heterocycles. The molecule has 1 unspecified atom stereocenters. The Bertz CT molecular complexity index is 1040. The predicted octanol–water partition coefficient (Wildman–Crippen LogP) is 3.76. The third-order valence-corrected chi connectivity index (χ3v) is 6.25. The third-order valence-electron chi connectivity index (χ3n) is 6.25. The molecule has 172 valence electrons. The minimum Gasteiger partial charge on any atom is -0.481 e. The van der Waals surface area contributed by atoms with Crippen molar-refractivity contribution in [3.05, 3.63) is 95.2 Å². The monoisotopic (exact) mass is 445 g/mol. The summed E-state index contributed by atoms with van der Waals surface area (Å²) in [6.07, 6.45) is 4.07. The van der Waals surface area contributed by atoms with E-state index in [4.69, 9.17) is 4.74 Å². The Morgan fingerprint density at radius 3 is 2.48 bits per heavy atom. The van der Waals surface area contributed by atoms with Gasteiger partial charge in [-0.25, -0.2) is 4.98 Å². The van der Waals surface area contributed by atoms with Gasteiger partial charge >= 0.3 is 0 Å². The molecule has 6 heteroatoms. The first kappa shape index (κ1) is 23.0. The molecule has 4 rings (SSSR count). The van der Waals surface area contributed by atoms with Crippen molar-refractivity contribution in [2.45, 2.75) is 44.0 Å². The van der Waals surface area contributed by atoms with Crippen molar-refractivity contribution in [2.24, 2.45) is 0 Å². The molecular weight excluding hydrogens is 414 g/mol. The highest BCUT2D eigenvalue weighted by molar-refractivity contribution is 5.94. The van der Waals surface area contributed by atoms with E-state index in [1.54, 1.807) is 31.3 Å². The van der Waals surface area contributed by atoms with Crippen molar-refractivity contribution in [1.29, 1.82) is 0 Å². The van der Waals surface area contributed by atoms with Crippen LogP contribution in [0.25, 0.3) is 0 Å². The number of rotatable bonds is 8.